The Kier molecular flexibility index (Phi) is 5.04. The summed E-state index contributed by atoms with van der Waals surface area (Å²) in [4.78, 5) is 43.5. The monoisotopic (exact) mass is 363 g/mol. The van der Waals surface area contributed by atoms with Gasteiger partial charge in [-0.05, 0) is 26.3 Å². The summed E-state index contributed by atoms with van der Waals surface area (Å²) in [7, 11) is 1.76. The number of ether oxygens (including phenoxy) is 2. The summed E-state index contributed by atoms with van der Waals surface area (Å²) < 4.78 is 10.8. The van der Waals surface area contributed by atoms with E-state index in [2.05, 4.69) is 4.98 Å². The second-order valence-corrected chi connectivity index (χ2v) is 6.79. The van der Waals surface area contributed by atoms with Crippen molar-refractivity contribution in [1.29, 1.82) is 0 Å². The molecule has 2 amide bonds. The van der Waals surface area contributed by atoms with Gasteiger partial charge in [0.15, 0.2) is 0 Å². The summed E-state index contributed by atoms with van der Waals surface area (Å²) in [5.41, 5.74) is 2.01. The van der Waals surface area contributed by atoms with E-state index in [9.17, 15) is 14.4 Å². The number of nitrogens with one attached hydrogen (secondary N) is 1. The van der Waals surface area contributed by atoms with E-state index in [0.717, 1.165) is 0 Å². The Bertz CT molecular complexity index is 741. The van der Waals surface area contributed by atoms with Crippen LogP contribution in [-0.2, 0) is 14.3 Å². The van der Waals surface area contributed by atoms with Crippen molar-refractivity contribution in [2.24, 2.45) is 0 Å². The van der Waals surface area contributed by atoms with Crippen LogP contribution in [0.15, 0.2) is 0 Å². The minimum atomic E-state index is -0.465. The molecule has 142 valence electrons. The van der Waals surface area contributed by atoms with Crippen LogP contribution in [0.1, 0.15) is 45.4 Å². The highest BCUT2D eigenvalue weighted by Crippen LogP contribution is 2.26. The molecule has 2 atom stereocenters. The average molecular weight is 363 g/mol. The van der Waals surface area contributed by atoms with E-state index in [1.165, 1.54) is 0 Å². The predicted octanol–water partition coefficient (Wildman–Crippen LogP) is 0.880. The van der Waals surface area contributed by atoms with Crippen molar-refractivity contribution in [2.45, 2.75) is 39.3 Å². The number of aryl methyl sites for hydroxylation is 1. The van der Waals surface area contributed by atoms with E-state index in [1.807, 2.05) is 0 Å². The standard InChI is InChI=1S/C18H25N3O5/c1-5-25-18(24)16-10(2)15(11(3)19-16)17(23)21-8-12-13(9-21)26-7-6-14(22)20(12)4/h12-13,19H,5-9H2,1-4H3/t12-,13-/m0/s1. The fraction of sp³-hybridized carbons (Fsp3) is 0.611. The molecule has 2 aliphatic rings. The summed E-state index contributed by atoms with van der Waals surface area (Å²) in [5, 5.41) is 0. The van der Waals surface area contributed by atoms with Gasteiger partial charge in [-0.15, -0.1) is 0 Å². The smallest absolute Gasteiger partial charge is 0.355 e. The molecule has 1 aromatic heterocycles. The average Bonchev–Trinajstić information content (AvgIpc) is 3.11. The van der Waals surface area contributed by atoms with Gasteiger partial charge in [-0.25, -0.2) is 4.79 Å². The van der Waals surface area contributed by atoms with Gasteiger partial charge in [-0.1, -0.05) is 0 Å². The fourth-order valence-electron chi connectivity index (χ4n) is 3.75. The first-order valence-corrected chi connectivity index (χ1v) is 8.88. The lowest BCUT2D eigenvalue weighted by Crippen LogP contribution is -2.43. The first-order valence-electron chi connectivity index (χ1n) is 8.88. The Hall–Kier alpha value is -2.35. The van der Waals surface area contributed by atoms with Gasteiger partial charge >= 0.3 is 5.97 Å². The van der Waals surface area contributed by atoms with Gasteiger partial charge in [-0.2, -0.15) is 0 Å². The Balaban J connectivity index is 1.83. The highest BCUT2D eigenvalue weighted by atomic mass is 16.5. The number of aromatic amines is 1. The molecular formula is C18H25N3O5. The zero-order chi connectivity index (χ0) is 19.0. The molecule has 0 radical (unpaired) electrons. The maximum atomic E-state index is 13.1. The number of esters is 1. The molecule has 8 nitrogen and oxygen atoms in total. The number of aromatic nitrogens is 1. The zero-order valence-electron chi connectivity index (χ0n) is 15.6. The van der Waals surface area contributed by atoms with Crippen LogP contribution in [0.3, 0.4) is 0 Å². The van der Waals surface area contributed by atoms with Gasteiger partial charge in [0.2, 0.25) is 5.91 Å². The highest BCUT2D eigenvalue weighted by Gasteiger charge is 2.42. The number of carbonyl (C=O) groups excluding carboxylic acids is 3. The van der Waals surface area contributed by atoms with E-state index in [0.29, 0.717) is 48.6 Å². The normalized spacial score (nSPS) is 23.0. The highest BCUT2D eigenvalue weighted by molar-refractivity contribution is 6.01. The number of rotatable bonds is 3. The Morgan fingerprint density at radius 1 is 1.31 bits per heavy atom. The van der Waals surface area contributed by atoms with Gasteiger partial charge in [0.25, 0.3) is 5.91 Å². The molecule has 2 aliphatic heterocycles. The third kappa shape index (κ3) is 3.09. The summed E-state index contributed by atoms with van der Waals surface area (Å²) in [5.74, 6) is -0.595. The van der Waals surface area contributed by atoms with E-state index >= 15 is 0 Å². The summed E-state index contributed by atoms with van der Waals surface area (Å²) in [6.45, 7) is 6.74. The molecule has 8 heteroatoms. The third-order valence-electron chi connectivity index (χ3n) is 5.19. The Morgan fingerprint density at radius 3 is 2.73 bits per heavy atom. The van der Waals surface area contributed by atoms with Crippen molar-refractivity contribution in [2.75, 3.05) is 33.4 Å². The second kappa shape index (κ2) is 7.11. The molecule has 0 saturated carbocycles. The number of likely N-dealkylation sites (tertiary alicyclic amines) is 1. The topological polar surface area (TPSA) is 91.9 Å². The number of hydrogen-bond donors (Lipinski definition) is 1. The molecule has 26 heavy (non-hydrogen) atoms. The van der Waals surface area contributed by atoms with Crippen molar-refractivity contribution >= 4 is 17.8 Å². The van der Waals surface area contributed by atoms with Crippen molar-refractivity contribution < 1.29 is 23.9 Å². The molecule has 3 rings (SSSR count). The minimum absolute atomic E-state index is 0.0328. The molecule has 0 bridgehead atoms. The van der Waals surface area contributed by atoms with E-state index in [-0.39, 0.29) is 30.6 Å². The lowest BCUT2D eigenvalue weighted by atomic mass is 10.1. The fourth-order valence-corrected chi connectivity index (χ4v) is 3.75. The van der Waals surface area contributed by atoms with E-state index in [1.54, 1.807) is 37.6 Å². The van der Waals surface area contributed by atoms with Gasteiger partial charge in [0.05, 0.1) is 37.3 Å². The molecule has 3 heterocycles. The number of fused-ring (bicyclic) bond motifs is 1. The second-order valence-electron chi connectivity index (χ2n) is 6.79. The lowest BCUT2D eigenvalue weighted by molar-refractivity contribution is -0.131. The predicted molar refractivity (Wildman–Crippen MR) is 93.0 cm³/mol. The van der Waals surface area contributed by atoms with Crippen molar-refractivity contribution in [3.05, 3.63) is 22.5 Å². The summed E-state index contributed by atoms with van der Waals surface area (Å²) >= 11 is 0. The molecule has 0 aromatic carbocycles. The van der Waals surface area contributed by atoms with Crippen molar-refractivity contribution in [1.82, 2.24) is 14.8 Å². The van der Waals surface area contributed by atoms with Crippen molar-refractivity contribution in [3.63, 3.8) is 0 Å². The van der Waals surface area contributed by atoms with Crippen LogP contribution in [-0.4, -0.2) is 78.1 Å². The van der Waals surface area contributed by atoms with Crippen LogP contribution in [0, 0.1) is 13.8 Å². The Labute approximate surface area is 152 Å². The maximum absolute atomic E-state index is 13.1. The van der Waals surface area contributed by atoms with Crippen LogP contribution in [0.5, 0.6) is 0 Å². The van der Waals surface area contributed by atoms with E-state index in [4.69, 9.17) is 9.47 Å². The van der Waals surface area contributed by atoms with Gasteiger partial charge in [0.1, 0.15) is 5.69 Å². The number of nitrogens with zero attached hydrogens (tertiary/aromatic N) is 2. The molecule has 2 fully saturated rings. The summed E-state index contributed by atoms with van der Waals surface area (Å²) in [6.07, 6.45) is 0.190. The van der Waals surface area contributed by atoms with Crippen molar-refractivity contribution in [3.8, 4) is 0 Å². The number of amides is 2. The number of carbonyl (C=O) groups is 3. The lowest BCUT2D eigenvalue weighted by Gasteiger charge is -2.25. The van der Waals surface area contributed by atoms with Crippen LogP contribution in [0.25, 0.3) is 0 Å². The van der Waals surface area contributed by atoms with Gasteiger partial charge in [0, 0.05) is 25.8 Å². The molecular weight excluding hydrogens is 338 g/mol. The molecule has 1 aromatic rings. The first kappa shape index (κ1) is 18.4. The quantitative estimate of drug-likeness (QED) is 0.805. The number of hydrogen-bond acceptors (Lipinski definition) is 5. The van der Waals surface area contributed by atoms with E-state index < -0.39 is 5.97 Å². The molecule has 0 aliphatic carbocycles. The minimum Gasteiger partial charge on any atom is -0.461 e. The van der Waals surface area contributed by atoms with Crippen LogP contribution < -0.4 is 0 Å². The molecule has 1 N–H and O–H groups in total. The first-order chi connectivity index (χ1) is 12.3. The van der Waals surface area contributed by atoms with Gasteiger partial charge in [-0.3, -0.25) is 9.59 Å². The Morgan fingerprint density at radius 2 is 2.04 bits per heavy atom. The van der Waals surface area contributed by atoms with Crippen LogP contribution in [0.4, 0.5) is 0 Å². The van der Waals surface area contributed by atoms with Crippen LogP contribution in [0.2, 0.25) is 0 Å². The maximum Gasteiger partial charge on any atom is 0.355 e. The third-order valence-corrected chi connectivity index (χ3v) is 5.19. The van der Waals surface area contributed by atoms with Gasteiger partial charge < -0.3 is 24.3 Å². The SMILES string of the molecule is CCOC(=O)c1[nH]c(C)c(C(=O)N2C[C@@H]3OCCC(=O)N(C)[C@H]3C2)c1C. The molecule has 0 unspecified atom stereocenters. The number of likely N-dealkylation sites (N-methyl/N-ethyl adjacent to an activating group) is 1. The van der Waals surface area contributed by atoms with Crippen LogP contribution >= 0.6 is 0 Å². The molecule has 2 saturated heterocycles. The number of H-pyrrole nitrogens is 1. The summed E-state index contributed by atoms with van der Waals surface area (Å²) in [6, 6.07) is -0.141. The zero-order valence-corrected chi connectivity index (χ0v) is 15.6. The largest absolute Gasteiger partial charge is 0.461 e. The molecule has 0 spiro atoms.